The summed E-state index contributed by atoms with van der Waals surface area (Å²) in [6.07, 6.45) is 2.51. The minimum atomic E-state index is 0.510. The highest BCUT2D eigenvalue weighted by Gasteiger charge is 2.25. The van der Waals surface area contributed by atoms with E-state index in [-0.39, 0.29) is 0 Å². The highest BCUT2D eigenvalue weighted by molar-refractivity contribution is 7.09. The Bertz CT molecular complexity index is 282. The van der Waals surface area contributed by atoms with Gasteiger partial charge in [0.15, 0.2) is 0 Å². The molecule has 72 valence electrons. The van der Waals surface area contributed by atoms with Crippen molar-refractivity contribution in [1.29, 1.82) is 0 Å². The van der Waals surface area contributed by atoms with Crippen molar-refractivity contribution in [1.82, 2.24) is 10.3 Å². The van der Waals surface area contributed by atoms with Crippen LogP contribution in [0.2, 0.25) is 0 Å². The molecule has 1 aliphatic rings. The second kappa shape index (κ2) is 3.76. The molecule has 2 atom stereocenters. The minimum Gasteiger partial charge on any atom is -0.309 e. The molecule has 1 N–H and O–H groups in total. The number of fused-ring (bicyclic) bond motifs is 1. The van der Waals surface area contributed by atoms with Crippen molar-refractivity contribution < 1.29 is 0 Å². The number of hydrogen-bond donors (Lipinski definition) is 1. The van der Waals surface area contributed by atoms with Gasteiger partial charge in [-0.25, -0.2) is 4.98 Å². The van der Waals surface area contributed by atoms with Crippen molar-refractivity contribution in [2.45, 2.75) is 38.6 Å². The van der Waals surface area contributed by atoms with Gasteiger partial charge < -0.3 is 5.32 Å². The van der Waals surface area contributed by atoms with Gasteiger partial charge in [0.2, 0.25) is 0 Å². The highest BCUT2D eigenvalue weighted by Crippen LogP contribution is 2.33. The maximum atomic E-state index is 4.49. The minimum absolute atomic E-state index is 0.510. The van der Waals surface area contributed by atoms with Crippen LogP contribution in [-0.2, 0) is 0 Å². The van der Waals surface area contributed by atoms with E-state index >= 15 is 0 Å². The van der Waals surface area contributed by atoms with E-state index < -0.39 is 0 Å². The van der Waals surface area contributed by atoms with Crippen LogP contribution in [0.15, 0.2) is 5.51 Å². The molecule has 2 unspecified atom stereocenters. The number of hydrogen-bond acceptors (Lipinski definition) is 3. The molecule has 0 fully saturated rings. The van der Waals surface area contributed by atoms with Crippen LogP contribution in [0.4, 0.5) is 0 Å². The Labute approximate surface area is 83.4 Å². The third-order valence-electron chi connectivity index (χ3n) is 2.71. The van der Waals surface area contributed by atoms with Crippen molar-refractivity contribution in [2.75, 3.05) is 6.54 Å². The first kappa shape index (κ1) is 9.16. The molecule has 0 spiro atoms. The quantitative estimate of drug-likeness (QED) is 0.786. The van der Waals surface area contributed by atoms with E-state index in [9.17, 15) is 0 Å². The fourth-order valence-corrected chi connectivity index (χ4v) is 2.90. The molecule has 0 saturated heterocycles. The highest BCUT2D eigenvalue weighted by atomic mass is 32.1. The Hall–Kier alpha value is -0.410. The van der Waals surface area contributed by atoms with Gasteiger partial charge in [0, 0.05) is 23.4 Å². The monoisotopic (exact) mass is 196 g/mol. The molecule has 1 aromatic rings. The maximum absolute atomic E-state index is 4.49. The summed E-state index contributed by atoms with van der Waals surface area (Å²) in [7, 11) is 0. The first-order chi connectivity index (χ1) is 6.33. The van der Waals surface area contributed by atoms with E-state index in [0.717, 1.165) is 6.54 Å². The maximum Gasteiger partial charge on any atom is 0.0798 e. The summed E-state index contributed by atoms with van der Waals surface area (Å²) in [5.41, 5.74) is 3.34. The van der Waals surface area contributed by atoms with E-state index in [2.05, 4.69) is 24.1 Å². The molecule has 1 aliphatic heterocycles. The second-order valence-electron chi connectivity index (χ2n) is 3.72. The van der Waals surface area contributed by atoms with Gasteiger partial charge in [0.25, 0.3) is 0 Å². The lowest BCUT2D eigenvalue weighted by molar-refractivity contribution is 0.455. The van der Waals surface area contributed by atoms with Crippen LogP contribution in [0.3, 0.4) is 0 Å². The van der Waals surface area contributed by atoms with E-state index in [0.29, 0.717) is 12.0 Å². The Balaban J connectivity index is 2.24. The molecule has 0 bridgehead atoms. The van der Waals surface area contributed by atoms with Crippen LogP contribution >= 0.6 is 11.3 Å². The molecular weight excluding hydrogens is 180 g/mol. The molecule has 0 saturated carbocycles. The Morgan fingerprint density at radius 1 is 1.69 bits per heavy atom. The van der Waals surface area contributed by atoms with Gasteiger partial charge >= 0.3 is 0 Å². The fraction of sp³-hybridized carbons (Fsp3) is 0.700. The normalized spacial score (nSPS) is 27.2. The van der Waals surface area contributed by atoms with Gasteiger partial charge in [-0.05, 0) is 13.3 Å². The van der Waals surface area contributed by atoms with Crippen molar-refractivity contribution in [3.8, 4) is 0 Å². The molecule has 13 heavy (non-hydrogen) atoms. The standard InChI is InChI=1S/C10H16N2S/c1-3-4-8-5-11-7(2)10-9(8)12-6-13-10/h6-8,11H,3-5H2,1-2H3. The van der Waals surface area contributed by atoms with Crippen molar-refractivity contribution >= 4 is 11.3 Å². The number of thiazole rings is 1. The topological polar surface area (TPSA) is 24.9 Å². The van der Waals surface area contributed by atoms with Crippen LogP contribution in [0, 0.1) is 0 Å². The smallest absolute Gasteiger partial charge is 0.0798 e. The van der Waals surface area contributed by atoms with E-state index in [1.165, 1.54) is 23.4 Å². The predicted octanol–water partition coefficient (Wildman–Crippen LogP) is 2.69. The summed E-state index contributed by atoms with van der Waals surface area (Å²) in [5.74, 6) is 0.655. The van der Waals surface area contributed by atoms with Crippen LogP contribution in [0.25, 0.3) is 0 Å². The SMILES string of the molecule is CCCC1CNC(C)c2scnc21. The fourth-order valence-electron chi connectivity index (χ4n) is 1.99. The van der Waals surface area contributed by atoms with Crippen molar-refractivity contribution in [2.24, 2.45) is 0 Å². The Morgan fingerprint density at radius 2 is 2.54 bits per heavy atom. The summed E-state index contributed by atoms with van der Waals surface area (Å²) in [4.78, 5) is 5.93. The van der Waals surface area contributed by atoms with Gasteiger partial charge in [-0.3, -0.25) is 0 Å². The molecule has 2 rings (SSSR count). The average molecular weight is 196 g/mol. The molecule has 0 radical (unpaired) electrons. The van der Waals surface area contributed by atoms with Gasteiger partial charge in [0.1, 0.15) is 0 Å². The van der Waals surface area contributed by atoms with Gasteiger partial charge in [-0.2, -0.15) is 0 Å². The van der Waals surface area contributed by atoms with Crippen LogP contribution in [0.1, 0.15) is 49.2 Å². The summed E-state index contributed by atoms with van der Waals surface area (Å²) in [5, 5.41) is 3.53. The van der Waals surface area contributed by atoms with E-state index in [1.807, 2.05) is 5.51 Å². The number of nitrogens with zero attached hydrogens (tertiary/aromatic N) is 1. The van der Waals surface area contributed by atoms with Gasteiger partial charge in [0.05, 0.1) is 11.2 Å². The zero-order valence-corrected chi connectivity index (χ0v) is 9.03. The average Bonchev–Trinajstić information content (AvgIpc) is 2.59. The lowest BCUT2D eigenvalue weighted by Gasteiger charge is -2.26. The number of nitrogens with one attached hydrogen (secondary N) is 1. The summed E-state index contributed by atoms with van der Waals surface area (Å²) >= 11 is 1.79. The molecular formula is C10H16N2S. The molecule has 0 aromatic carbocycles. The predicted molar refractivity (Wildman–Crippen MR) is 56.2 cm³/mol. The molecule has 2 heterocycles. The molecule has 2 nitrogen and oxygen atoms in total. The lowest BCUT2D eigenvalue weighted by Crippen LogP contribution is -2.30. The molecule has 3 heteroatoms. The lowest BCUT2D eigenvalue weighted by atomic mass is 9.94. The first-order valence-corrected chi connectivity index (χ1v) is 5.87. The van der Waals surface area contributed by atoms with Gasteiger partial charge in [-0.1, -0.05) is 13.3 Å². The largest absolute Gasteiger partial charge is 0.309 e. The Morgan fingerprint density at radius 3 is 3.31 bits per heavy atom. The number of aromatic nitrogens is 1. The zero-order chi connectivity index (χ0) is 9.26. The van der Waals surface area contributed by atoms with E-state index in [4.69, 9.17) is 0 Å². The van der Waals surface area contributed by atoms with Crippen LogP contribution < -0.4 is 5.32 Å². The number of rotatable bonds is 2. The molecule has 0 amide bonds. The second-order valence-corrected chi connectivity index (χ2v) is 4.60. The van der Waals surface area contributed by atoms with Crippen molar-refractivity contribution in [3.63, 3.8) is 0 Å². The van der Waals surface area contributed by atoms with Crippen molar-refractivity contribution in [3.05, 3.63) is 16.1 Å². The van der Waals surface area contributed by atoms with Gasteiger partial charge in [-0.15, -0.1) is 11.3 Å². The van der Waals surface area contributed by atoms with Crippen LogP contribution in [0.5, 0.6) is 0 Å². The molecule has 0 aliphatic carbocycles. The summed E-state index contributed by atoms with van der Waals surface area (Å²) in [6, 6.07) is 0.510. The first-order valence-electron chi connectivity index (χ1n) is 4.99. The zero-order valence-electron chi connectivity index (χ0n) is 8.21. The summed E-state index contributed by atoms with van der Waals surface area (Å²) < 4.78 is 0. The van der Waals surface area contributed by atoms with E-state index in [1.54, 1.807) is 11.3 Å². The summed E-state index contributed by atoms with van der Waals surface area (Å²) in [6.45, 7) is 5.56. The Kier molecular flexibility index (Phi) is 2.65. The molecule has 1 aromatic heterocycles. The van der Waals surface area contributed by atoms with Crippen LogP contribution in [-0.4, -0.2) is 11.5 Å². The third-order valence-corrected chi connectivity index (χ3v) is 3.74. The third kappa shape index (κ3) is 1.63.